The van der Waals surface area contributed by atoms with Crippen LogP contribution < -0.4 is 24.2 Å². The van der Waals surface area contributed by atoms with Crippen LogP contribution >= 0.6 is 11.6 Å². The maximum absolute atomic E-state index is 14.5. The van der Waals surface area contributed by atoms with Crippen molar-refractivity contribution in [1.82, 2.24) is 0 Å². The van der Waals surface area contributed by atoms with Gasteiger partial charge < -0.3 is 39.0 Å². The molecular formula is C45H42ClN3O9. The molecule has 0 radical (unpaired) electrons. The number of alkyl halides is 1. The van der Waals surface area contributed by atoms with E-state index in [1.54, 1.807) is 15.9 Å². The minimum Gasteiger partial charge on any atom is -0.507 e. The Labute approximate surface area is 340 Å². The first-order chi connectivity index (χ1) is 28.2. The lowest BCUT2D eigenvalue weighted by Crippen LogP contribution is -2.55. The molecule has 4 heterocycles. The number of phenolic OH excluding ortho intramolecular Hbond substituents is 1. The zero-order chi connectivity index (χ0) is 40.1. The number of carbonyl (C=O) groups excluding carboxylic acids is 2. The zero-order valence-corrected chi connectivity index (χ0v) is 32.6. The summed E-state index contributed by atoms with van der Waals surface area (Å²) < 4.78 is 24.5. The molecule has 1 saturated heterocycles. The van der Waals surface area contributed by atoms with Gasteiger partial charge in [-0.25, -0.2) is 9.69 Å². The summed E-state index contributed by atoms with van der Waals surface area (Å²) in [6, 6.07) is 26.7. The molecule has 0 saturated carbocycles. The number of para-hydroxylation sites is 1. The normalized spacial score (nSPS) is 20.9. The number of phenols is 1. The van der Waals surface area contributed by atoms with E-state index in [0.717, 1.165) is 50.8 Å². The van der Waals surface area contributed by atoms with E-state index in [9.17, 15) is 24.6 Å². The van der Waals surface area contributed by atoms with Gasteiger partial charge in [0.2, 0.25) is 5.91 Å². The SMILES string of the molecule is COc1cc2c(cc1OCc1cccc(CC(=O)N3C[C@@H](CCl)c4c3cc(O)c3ccccc43)c1)N(C(=O)O)C(OC1CCCCO1)[C@@H]1Cc3ccccc3N1C2=O. The number of methoxy groups -OCH3 is 1. The number of nitrogens with zero attached hydrogens (tertiary/aromatic N) is 3. The van der Waals surface area contributed by atoms with Gasteiger partial charge in [-0.05, 0) is 65.5 Å². The Kier molecular flexibility index (Phi) is 10.1. The van der Waals surface area contributed by atoms with Crippen LogP contribution in [-0.2, 0) is 33.7 Å². The van der Waals surface area contributed by atoms with E-state index in [4.69, 9.17) is 30.5 Å². The van der Waals surface area contributed by atoms with E-state index in [1.807, 2.05) is 72.8 Å². The van der Waals surface area contributed by atoms with E-state index in [-0.39, 0.29) is 59.3 Å². The Bertz CT molecular complexity index is 2430. The van der Waals surface area contributed by atoms with Crippen molar-refractivity contribution in [2.75, 3.05) is 40.8 Å². The van der Waals surface area contributed by atoms with Crippen molar-refractivity contribution in [1.29, 1.82) is 0 Å². The van der Waals surface area contributed by atoms with E-state index >= 15 is 0 Å². The molecule has 5 aromatic rings. The van der Waals surface area contributed by atoms with Gasteiger partial charge in [0, 0.05) is 48.2 Å². The highest BCUT2D eigenvalue weighted by Gasteiger charge is 2.49. The number of hydrogen-bond acceptors (Lipinski definition) is 8. The molecule has 4 atom stereocenters. The first-order valence-electron chi connectivity index (χ1n) is 19.5. The molecule has 12 nitrogen and oxygen atoms in total. The van der Waals surface area contributed by atoms with Crippen LogP contribution in [0.2, 0.25) is 0 Å². The van der Waals surface area contributed by atoms with E-state index in [1.165, 1.54) is 19.2 Å². The van der Waals surface area contributed by atoms with Crippen molar-refractivity contribution in [2.24, 2.45) is 0 Å². The fraction of sp³-hybridized carbons (Fsp3) is 0.311. The largest absolute Gasteiger partial charge is 0.507 e. The summed E-state index contributed by atoms with van der Waals surface area (Å²) in [6.07, 6.45) is -0.145. The third-order valence-corrected chi connectivity index (χ3v) is 12.0. The second-order valence-electron chi connectivity index (χ2n) is 15.1. The van der Waals surface area contributed by atoms with Crippen LogP contribution in [0.25, 0.3) is 10.8 Å². The second kappa shape index (κ2) is 15.5. The van der Waals surface area contributed by atoms with Gasteiger partial charge in [-0.3, -0.25) is 9.59 Å². The molecule has 4 aliphatic rings. The van der Waals surface area contributed by atoms with Crippen molar-refractivity contribution < 1.29 is 43.5 Å². The lowest BCUT2D eigenvalue weighted by molar-refractivity contribution is -0.190. The van der Waals surface area contributed by atoms with Crippen molar-refractivity contribution in [3.05, 3.63) is 119 Å². The second-order valence-corrected chi connectivity index (χ2v) is 15.4. The summed E-state index contributed by atoms with van der Waals surface area (Å²) in [7, 11) is 1.46. The number of rotatable bonds is 9. The van der Waals surface area contributed by atoms with Gasteiger partial charge in [0.25, 0.3) is 5.91 Å². The van der Waals surface area contributed by atoms with Crippen LogP contribution in [0.5, 0.6) is 17.2 Å². The molecule has 2 unspecified atom stereocenters. The summed E-state index contributed by atoms with van der Waals surface area (Å²) >= 11 is 6.41. The Morgan fingerprint density at radius 2 is 1.69 bits per heavy atom. The lowest BCUT2D eigenvalue weighted by Gasteiger charge is -2.37. The third-order valence-electron chi connectivity index (χ3n) is 11.6. The van der Waals surface area contributed by atoms with Crippen LogP contribution in [0.4, 0.5) is 21.9 Å². The summed E-state index contributed by atoms with van der Waals surface area (Å²) in [5.41, 5.74) is 5.00. The standard InChI is InChI=1S/C45H42ClN3O9/c1-55-38-20-32-34(49(45(53)54)44(58-41-15-6-7-16-56-41)36-19-28-11-2-5-14-33(28)48(36)43(32)52)22-39(38)57-25-27-10-8-9-26(17-27)18-40(51)47-24-29(23-46)42-31-13-4-3-12-30(31)37(50)21-35(42)47/h2-5,8-14,17,20-22,29,36,41,44,50H,6-7,15-16,18-19,23-25H2,1H3,(H,53,54)/t29-,36+,41?,44?/m1/s1. The molecule has 9 rings (SSSR count). The average molecular weight is 804 g/mol. The van der Waals surface area contributed by atoms with Gasteiger partial charge >= 0.3 is 6.09 Å². The lowest BCUT2D eigenvalue weighted by atomic mass is 9.95. The Balaban J connectivity index is 0.995. The number of carbonyl (C=O) groups is 3. The Morgan fingerprint density at radius 3 is 2.47 bits per heavy atom. The number of benzene rings is 5. The van der Waals surface area contributed by atoms with Crippen LogP contribution in [0.3, 0.4) is 0 Å². The van der Waals surface area contributed by atoms with Crippen LogP contribution in [0, 0.1) is 0 Å². The smallest absolute Gasteiger partial charge is 0.414 e. The highest BCUT2D eigenvalue weighted by Crippen LogP contribution is 2.47. The van der Waals surface area contributed by atoms with E-state index in [0.29, 0.717) is 43.2 Å². The van der Waals surface area contributed by atoms with E-state index in [2.05, 4.69) is 0 Å². The van der Waals surface area contributed by atoms with Crippen molar-refractivity contribution in [3.63, 3.8) is 0 Å². The molecule has 13 heteroatoms. The number of fused-ring (bicyclic) bond motifs is 7. The summed E-state index contributed by atoms with van der Waals surface area (Å²) in [5.74, 6) is 0.325. The quantitative estimate of drug-likeness (QED) is 0.142. The third kappa shape index (κ3) is 6.64. The molecule has 0 bridgehead atoms. The fourth-order valence-corrected chi connectivity index (χ4v) is 9.17. The maximum Gasteiger partial charge on any atom is 0.414 e. The van der Waals surface area contributed by atoms with Gasteiger partial charge in [0.05, 0.1) is 36.5 Å². The number of carboxylic acid groups (broad SMARTS) is 1. The predicted molar refractivity (Wildman–Crippen MR) is 219 cm³/mol. The van der Waals surface area contributed by atoms with Gasteiger partial charge in [-0.1, -0.05) is 66.7 Å². The molecule has 1 fully saturated rings. The molecule has 0 aromatic heterocycles. The van der Waals surface area contributed by atoms with Crippen LogP contribution in [0.1, 0.15) is 57.8 Å². The van der Waals surface area contributed by atoms with Crippen molar-refractivity contribution in [3.8, 4) is 17.2 Å². The number of aromatic hydroxyl groups is 1. The molecule has 0 spiro atoms. The predicted octanol–water partition coefficient (Wildman–Crippen LogP) is 7.98. The van der Waals surface area contributed by atoms with Crippen LogP contribution in [0.15, 0.2) is 91.0 Å². The number of ether oxygens (including phenoxy) is 4. The Hall–Kier alpha value is -5.82. The van der Waals surface area contributed by atoms with Gasteiger partial charge in [-0.2, -0.15) is 0 Å². The molecule has 2 N–H and O–H groups in total. The number of amides is 3. The number of hydrogen-bond donors (Lipinski definition) is 2. The molecule has 4 aliphatic heterocycles. The van der Waals surface area contributed by atoms with Crippen molar-refractivity contribution >= 4 is 57.3 Å². The first kappa shape index (κ1) is 37.7. The van der Waals surface area contributed by atoms with E-state index < -0.39 is 24.7 Å². The highest BCUT2D eigenvalue weighted by atomic mass is 35.5. The minimum atomic E-state index is -1.29. The summed E-state index contributed by atoms with van der Waals surface area (Å²) in [4.78, 5) is 46.1. The van der Waals surface area contributed by atoms with Gasteiger partial charge in [0.15, 0.2) is 24.0 Å². The molecule has 58 heavy (non-hydrogen) atoms. The topological polar surface area (TPSA) is 138 Å². The minimum absolute atomic E-state index is 0.0525. The molecule has 298 valence electrons. The highest BCUT2D eigenvalue weighted by molar-refractivity contribution is 6.19. The zero-order valence-electron chi connectivity index (χ0n) is 31.8. The number of anilines is 3. The summed E-state index contributed by atoms with van der Waals surface area (Å²) in [5, 5.41) is 23.3. The van der Waals surface area contributed by atoms with Crippen molar-refractivity contribution in [2.45, 2.75) is 63.2 Å². The fourth-order valence-electron chi connectivity index (χ4n) is 8.92. The monoisotopic (exact) mass is 803 g/mol. The van der Waals surface area contributed by atoms with Crippen LogP contribution in [-0.4, -0.2) is 72.8 Å². The molecular weight excluding hydrogens is 762 g/mol. The first-order valence-corrected chi connectivity index (χ1v) is 20.0. The van der Waals surface area contributed by atoms with Gasteiger partial charge in [0.1, 0.15) is 12.4 Å². The Morgan fingerprint density at radius 1 is 0.897 bits per heavy atom. The number of halogens is 1. The van der Waals surface area contributed by atoms with Gasteiger partial charge in [-0.15, -0.1) is 11.6 Å². The molecule has 5 aromatic carbocycles. The average Bonchev–Trinajstić information content (AvgIpc) is 3.79. The molecule has 0 aliphatic carbocycles. The summed E-state index contributed by atoms with van der Waals surface area (Å²) in [6.45, 7) is 0.964. The molecule has 3 amide bonds. The maximum atomic E-state index is 14.5.